The van der Waals surface area contributed by atoms with Crippen LogP contribution in [-0.4, -0.2) is 29.1 Å². The molecular weight excluding hydrogens is 359 g/mol. The summed E-state index contributed by atoms with van der Waals surface area (Å²) < 4.78 is 1.32. The first-order valence-electron chi connectivity index (χ1n) is 7.74. The van der Waals surface area contributed by atoms with Crippen LogP contribution in [0.5, 0.6) is 0 Å². The molecule has 0 unspecified atom stereocenters. The van der Waals surface area contributed by atoms with Crippen molar-refractivity contribution in [3.05, 3.63) is 33.4 Å². The summed E-state index contributed by atoms with van der Waals surface area (Å²) in [5, 5.41) is 3.77. The predicted octanol–water partition coefficient (Wildman–Crippen LogP) is 3.79. The Kier molecular flexibility index (Phi) is 4.13. The van der Waals surface area contributed by atoms with Crippen molar-refractivity contribution in [3.63, 3.8) is 0 Å². The second kappa shape index (κ2) is 5.58. The number of hydrogen-bond donors (Lipinski definition) is 1. The Morgan fingerprint density at radius 2 is 1.80 bits per heavy atom. The first kappa shape index (κ1) is 14.8. The standard InChI is InChI=1S/C17H25IN2/c1-16(2)13-20(11-14-5-7-15(18)8-6-14)17(12-19-16)9-3-4-10-17/h5-8,19H,3-4,9-13H2,1-2H3. The second-order valence-electron chi connectivity index (χ2n) is 7.15. The fourth-order valence-electron chi connectivity index (χ4n) is 3.78. The summed E-state index contributed by atoms with van der Waals surface area (Å²) in [6.07, 6.45) is 5.51. The molecule has 1 saturated carbocycles. The van der Waals surface area contributed by atoms with Gasteiger partial charge in [0.1, 0.15) is 0 Å². The van der Waals surface area contributed by atoms with Gasteiger partial charge >= 0.3 is 0 Å². The largest absolute Gasteiger partial charge is 0.309 e. The van der Waals surface area contributed by atoms with Gasteiger partial charge in [-0.3, -0.25) is 4.90 Å². The highest BCUT2D eigenvalue weighted by Crippen LogP contribution is 2.39. The van der Waals surface area contributed by atoms with Crippen molar-refractivity contribution in [3.8, 4) is 0 Å². The smallest absolute Gasteiger partial charge is 0.0338 e. The van der Waals surface area contributed by atoms with Crippen LogP contribution in [0.3, 0.4) is 0 Å². The van der Waals surface area contributed by atoms with E-state index < -0.39 is 0 Å². The maximum atomic E-state index is 3.77. The molecule has 0 aromatic heterocycles. The quantitative estimate of drug-likeness (QED) is 0.781. The Balaban J connectivity index is 1.80. The minimum Gasteiger partial charge on any atom is -0.309 e. The summed E-state index contributed by atoms with van der Waals surface area (Å²) in [4.78, 5) is 2.76. The van der Waals surface area contributed by atoms with Gasteiger partial charge in [-0.25, -0.2) is 0 Å². The number of nitrogens with zero attached hydrogens (tertiary/aromatic N) is 1. The number of halogens is 1. The van der Waals surface area contributed by atoms with Gasteiger partial charge in [-0.05, 0) is 67.0 Å². The lowest BCUT2D eigenvalue weighted by atomic mass is 9.86. The highest BCUT2D eigenvalue weighted by Gasteiger charge is 2.45. The molecule has 20 heavy (non-hydrogen) atoms. The molecule has 3 heteroatoms. The maximum absolute atomic E-state index is 3.77. The minimum absolute atomic E-state index is 0.233. The molecule has 1 N–H and O–H groups in total. The van der Waals surface area contributed by atoms with Crippen molar-refractivity contribution in [2.45, 2.75) is 57.2 Å². The van der Waals surface area contributed by atoms with Crippen LogP contribution in [0, 0.1) is 3.57 Å². The molecule has 3 rings (SSSR count). The number of hydrogen-bond acceptors (Lipinski definition) is 2. The zero-order chi connectivity index (χ0) is 14.2. The van der Waals surface area contributed by atoms with Crippen LogP contribution in [0.2, 0.25) is 0 Å². The van der Waals surface area contributed by atoms with E-state index in [0.717, 1.165) is 19.6 Å². The van der Waals surface area contributed by atoms with Crippen molar-refractivity contribution in [2.24, 2.45) is 0 Å². The van der Waals surface area contributed by atoms with Gasteiger partial charge in [-0.15, -0.1) is 0 Å². The number of rotatable bonds is 2. The molecule has 1 heterocycles. The van der Waals surface area contributed by atoms with Gasteiger partial charge in [-0.1, -0.05) is 25.0 Å². The van der Waals surface area contributed by atoms with Crippen molar-refractivity contribution >= 4 is 22.6 Å². The van der Waals surface area contributed by atoms with E-state index in [1.807, 2.05) is 0 Å². The molecule has 1 aliphatic carbocycles. The highest BCUT2D eigenvalue weighted by atomic mass is 127. The Bertz CT molecular complexity index is 460. The molecule has 2 nitrogen and oxygen atoms in total. The van der Waals surface area contributed by atoms with Gasteiger partial charge in [0.2, 0.25) is 0 Å². The predicted molar refractivity (Wildman–Crippen MR) is 92.8 cm³/mol. The number of nitrogens with one attached hydrogen (secondary N) is 1. The van der Waals surface area contributed by atoms with Crippen molar-refractivity contribution in [1.82, 2.24) is 10.2 Å². The van der Waals surface area contributed by atoms with E-state index in [1.165, 1.54) is 34.8 Å². The fourth-order valence-corrected chi connectivity index (χ4v) is 4.14. The zero-order valence-electron chi connectivity index (χ0n) is 12.6. The molecule has 2 fully saturated rings. The molecule has 1 aromatic rings. The Morgan fingerprint density at radius 3 is 2.45 bits per heavy atom. The van der Waals surface area contributed by atoms with Crippen molar-refractivity contribution in [1.29, 1.82) is 0 Å². The van der Waals surface area contributed by atoms with Crippen LogP contribution in [0.15, 0.2) is 24.3 Å². The van der Waals surface area contributed by atoms with E-state index in [2.05, 4.69) is 70.9 Å². The van der Waals surface area contributed by atoms with Crippen LogP contribution >= 0.6 is 22.6 Å². The Morgan fingerprint density at radius 1 is 1.15 bits per heavy atom. The lowest BCUT2D eigenvalue weighted by molar-refractivity contribution is 0.0122. The Labute approximate surface area is 136 Å². The van der Waals surface area contributed by atoms with Gasteiger partial charge in [0.15, 0.2) is 0 Å². The van der Waals surface area contributed by atoms with Crippen LogP contribution in [0.1, 0.15) is 45.1 Å². The van der Waals surface area contributed by atoms with Gasteiger partial charge in [-0.2, -0.15) is 0 Å². The Hall–Kier alpha value is -0.130. The first-order valence-corrected chi connectivity index (χ1v) is 8.82. The van der Waals surface area contributed by atoms with E-state index >= 15 is 0 Å². The monoisotopic (exact) mass is 384 g/mol. The molecular formula is C17H25IN2. The van der Waals surface area contributed by atoms with E-state index in [-0.39, 0.29) is 5.54 Å². The number of piperazine rings is 1. The average molecular weight is 384 g/mol. The summed E-state index contributed by atoms with van der Waals surface area (Å²) in [6.45, 7) is 8.07. The van der Waals surface area contributed by atoms with Crippen LogP contribution in [-0.2, 0) is 6.54 Å². The lowest BCUT2D eigenvalue weighted by Crippen LogP contribution is -2.66. The first-order chi connectivity index (χ1) is 9.49. The summed E-state index contributed by atoms with van der Waals surface area (Å²) >= 11 is 2.38. The van der Waals surface area contributed by atoms with Gasteiger partial charge < -0.3 is 5.32 Å². The van der Waals surface area contributed by atoms with E-state index in [1.54, 1.807) is 0 Å². The molecule has 1 spiro atoms. The SMILES string of the molecule is CC1(C)CN(Cc2ccc(I)cc2)C2(CCCC2)CN1. The van der Waals surface area contributed by atoms with Crippen LogP contribution < -0.4 is 5.32 Å². The number of benzene rings is 1. The maximum Gasteiger partial charge on any atom is 0.0338 e. The van der Waals surface area contributed by atoms with Gasteiger partial charge in [0, 0.05) is 34.3 Å². The molecule has 1 aromatic carbocycles. The second-order valence-corrected chi connectivity index (χ2v) is 8.40. The van der Waals surface area contributed by atoms with Crippen molar-refractivity contribution < 1.29 is 0 Å². The summed E-state index contributed by atoms with van der Waals surface area (Å²) in [7, 11) is 0. The summed E-state index contributed by atoms with van der Waals surface area (Å²) in [5.41, 5.74) is 2.10. The molecule has 0 bridgehead atoms. The molecule has 1 aliphatic heterocycles. The third-order valence-corrected chi connectivity index (χ3v) is 5.69. The normalized spacial score (nSPS) is 25.1. The average Bonchev–Trinajstić information content (AvgIpc) is 2.87. The van der Waals surface area contributed by atoms with Crippen LogP contribution in [0.4, 0.5) is 0 Å². The summed E-state index contributed by atoms with van der Waals surface area (Å²) in [6, 6.07) is 9.04. The molecule has 1 saturated heterocycles. The van der Waals surface area contributed by atoms with Crippen molar-refractivity contribution in [2.75, 3.05) is 13.1 Å². The zero-order valence-corrected chi connectivity index (χ0v) is 14.7. The van der Waals surface area contributed by atoms with E-state index in [9.17, 15) is 0 Å². The molecule has 0 amide bonds. The van der Waals surface area contributed by atoms with Gasteiger partial charge in [0.05, 0.1) is 0 Å². The minimum atomic E-state index is 0.233. The molecule has 2 aliphatic rings. The molecule has 0 radical (unpaired) electrons. The van der Waals surface area contributed by atoms with E-state index in [0.29, 0.717) is 5.54 Å². The third kappa shape index (κ3) is 3.04. The van der Waals surface area contributed by atoms with Gasteiger partial charge in [0.25, 0.3) is 0 Å². The third-order valence-electron chi connectivity index (χ3n) is 4.97. The lowest BCUT2D eigenvalue weighted by Gasteiger charge is -2.51. The highest BCUT2D eigenvalue weighted by molar-refractivity contribution is 14.1. The molecule has 110 valence electrons. The fraction of sp³-hybridized carbons (Fsp3) is 0.647. The van der Waals surface area contributed by atoms with Crippen LogP contribution in [0.25, 0.3) is 0 Å². The molecule has 0 atom stereocenters. The summed E-state index contributed by atoms with van der Waals surface area (Å²) in [5.74, 6) is 0. The topological polar surface area (TPSA) is 15.3 Å². The van der Waals surface area contributed by atoms with E-state index in [4.69, 9.17) is 0 Å².